The SMILES string of the molecule is CC.NC(=O)c1cc(C2CC2)c(CN2CCC(Oc3cc(C(F)(F)F)cc(Cl)c3F)CC2)cc1F. The lowest BCUT2D eigenvalue weighted by Gasteiger charge is -2.33. The molecule has 1 saturated heterocycles. The number of benzene rings is 2. The zero-order valence-electron chi connectivity index (χ0n) is 19.5. The van der Waals surface area contributed by atoms with Gasteiger partial charge in [-0.25, -0.2) is 8.78 Å². The lowest BCUT2D eigenvalue weighted by molar-refractivity contribution is -0.137. The molecule has 35 heavy (non-hydrogen) atoms. The van der Waals surface area contributed by atoms with Crippen molar-refractivity contribution in [1.29, 1.82) is 0 Å². The molecule has 2 aliphatic rings. The number of ether oxygens (including phenoxy) is 1. The molecule has 10 heteroatoms. The molecule has 1 heterocycles. The number of carbonyl (C=O) groups excluding carboxylic acids is 1. The monoisotopic (exact) mass is 518 g/mol. The van der Waals surface area contributed by atoms with Crippen LogP contribution in [0, 0.1) is 11.6 Å². The summed E-state index contributed by atoms with van der Waals surface area (Å²) in [7, 11) is 0. The van der Waals surface area contributed by atoms with Gasteiger partial charge < -0.3 is 10.5 Å². The van der Waals surface area contributed by atoms with Crippen molar-refractivity contribution < 1.29 is 31.5 Å². The maximum Gasteiger partial charge on any atom is 0.416 e. The highest BCUT2D eigenvalue weighted by Gasteiger charge is 2.34. The van der Waals surface area contributed by atoms with Gasteiger partial charge >= 0.3 is 6.18 Å². The van der Waals surface area contributed by atoms with Crippen LogP contribution >= 0.6 is 11.6 Å². The molecule has 0 unspecified atom stereocenters. The number of halogens is 6. The van der Waals surface area contributed by atoms with E-state index in [1.54, 1.807) is 6.07 Å². The third kappa shape index (κ3) is 6.64. The fourth-order valence-corrected chi connectivity index (χ4v) is 4.36. The molecule has 0 spiro atoms. The Hall–Kier alpha value is -2.39. The van der Waals surface area contributed by atoms with E-state index in [9.17, 15) is 26.7 Å². The zero-order chi connectivity index (χ0) is 25.9. The standard InChI is InChI=1S/C23H22ClF5N2O2.C2H6/c24-18-8-14(23(27,28)29)9-20(21(18)26)33-15-3-5-31(6-4-15)11-13-7-19(25)17(22(30)32)10-16(13)12-1-2-12;1-2/h7-10,12,15H,1-6,11H2,(H2,30,32);1-2H3. The average Bonchev–Trinajstić information content (AvgIpc) is 3.64. The van der Waals surface area contributed by atoms with Crippen molar-refractivity contribution in [3.63, 3.8) is 0 Å². The largest absolute Gasteiger partial charge is 0.487 e. The van der Waals surface area contributed by atoms with E-state index in [2.05, 4.69) is 4.90 Å². The van der Waals surface area contributed by atoms with E-state index >= 15 is 0 Å². The zero-order valence-corrected chi connectivity index (χ0v) is 20.3. The second kappa shape index (κ2) is 11.1. The molecule has 2 N–H and O–H groups in total. The van der Waals surface area contributed by atoms with Gasteiger partial charge in [0.1, 0.15) is 11.9 Å². The minimum absolute atomic E-state index is 0.116. The Labute approximate surface area is 206 Å². The summed E-state index contributed by atoms with van der Waals surface area (Å²) >= 11 is 5.62. The van der Waals surface area contributed by atoms with Gasteiger partial charge in [0.15, 0.2) is 11.6 Å². The normalized spacial score (nSPS) is 17.0. The van der Waals surface area contributed by atoms with Crippen molar-refractivity contribution >= 4 is 17.5 Å². The van der Waals surface area contributed by atoms with Gasteiger partial charge in [0, 0.05) is 19.6 Å². The molecule has 2 fully saturated rings. The number of hydrogen-bond acceptors (Lipinski definition) is 3. The van der Waals surface area contributed by atoms with Crippen LogP contribution in [-0.4, -0.2) is 30.0 Å². The molecule has 4 nitrogen and oxygen atoms in total. The molecular weight excluding hydrogens is 491 g/mol. The van der Waals surface area contributed by atoms with Gasteiger partial charge in [0.2, 0.25) is 0 Å². The van der Waals surface area contributed by atoms with Crippen LogP contribution in [0.25, 0.3) is 0 Å². The van der Waals surface area contributed by atoms with E-state index in [4.69, 9.17) is 22.1 Å². The van der Waals surface area contributed by atoms with Crippen LogP contribution in [-0.2, 0) is 12.7 Å². The maximum atomic E-state index is 14.3. The average molecular weight is 519 g/mol. The summed E-state index contributed by atoms with van der Waals surface area (Å²) in [4.78, 5) is 13.6. The van der Waals surface area contributed by atoms with E-state index in [-0.39, 0.29) is 11.5 Å². The van der Waals surface area contributed by atoms with Crippen LogP contribution in [0.1, 0.15) is 72.5 Å². The molecule has 2 aromatic rings. The first kappa shape index (κ1) is 27.2. The van der Waals surface area contributed by atoms with Crippen molar-refractivity contribution in [3.05, 3.63) is 63.2 Å². The Morgan fingerprint density at radius 2 is 1.71 bits per heavy atom. The second-order valence-electron chi connectivity index (χ2n) is 8.53. The fraction of sp³-hybridized carbons (Fsp3) is 0.480. The molecule has 192 valence electrons. The highest BCUT2D eigenvalue weighted by molar-refractivity contribution is 6.31. The lowest BCUT2D eigenvalue weighted by atomic mass is 9.97. The summed E-state index contributed by atoms with van der Waals surface area (Å²) in [6.45, 7) is 5.52. The Balaban J connectivity index is 0.00000167. The van der Waals surface area contributed by atoms with Gasteiger partial charge in [-0.1, -0.05) is 25.4 Å². The van der Waals surface area contributed by atoms with E-state index in [0.29, 0.717) is 44.6 Å². The summed E-state index contributed by atoms with van der Waals surface area (Å²) in [6.07, 6.45) is -2.30. The molecule has 4 rings (SSSR count). The minimum atomic E-state index is -4.67. The number of rotatable bonds is 6. The van der Waals surface area contributed by atoms with E-state index in [0.717, 1.165) is 24.0 Å². The predicted molar refractivity (Wildman–Crippen MR) is 124 cm³/mol. The number of primary amides is 1. The number of amides is 1. The molecule has 2 aromatic carbocycles. The van der Waals surface area contributed by atoms with E-state index in [1.807, 2.05) is 13.8 Å². The van der Waals surface area contributed by atoms with Gasteiger partial charge in [-0.15, -0.1) is 0 Å². The summed E-state index contributed by atoms with van der Waals surface area (Å²) in [5, 5.41) is -0.647. The smallest absolute Gasteiger partial charge is 0.416 e. The Morgan fingerprint density at radius 1 is 1.09 bits per heavy atom. The number of hydrogen-bond donors (Lipinski definition) is 1. The quantitative estimate of drug-likeness (QED) is 0.434. The van der Waals surface area contributed by atoms with Gasteiger partial charge in [0.05, 0.1) is 16.1 Å². The van der Waals surface area contributed by atoms with Crippen LogP contribution in [0.3, 0.4) is 0 Å². The first-order valence-corrected chi connectivity index (χ1v) is 12.0. The summed E-state index contributed by atoms with van der Waals surface area (Å²) < 4.78 is 73.2. The molecule has 0 atom stereocenters. The molecule has 0 radical (unpaired) electrons. The van der Waals surface area contributed by atoms with Crippen molar-refractivity contribution in [2.24, 2.45) is 5.73 Å². The van der Waals surface area contributed by atoms with Crippen LogP contribution < -0.4 is 10.5 Å². The van der Waals surface area contributed by atoms with Crippen molar-refractivity contribution in [1.82, 2.24) is 4.90 Å². The highest BCUT2D eigenvalue weighted by Crippen LogP contribution is 2.43. The summed E-state index contributed by atoms with van der Waals surface area (Å²) in [6, 6.07) is 4.06. The van der Waals surface area contributed by atoms with Crippen LogP contribution in [0.15, 0.2) is 24.3 Å². The van der Waals surface area contributed by atoms with Crippen molar-refractivity contribution in [2.75, 3.05) is 13.1 Å². The minimum Gasteiger partial charge on any atom is -0.487 e. The summed E-state index contributed by atoms with van der Waals surface area (Å²) in [5.41, 5.74) is 5.79. The molecule has 1 aliphatic carbocycles. The highest BCUT2D eigenvalue weighted by atomic mass is 35.5. The second-order valence-corrected chi connectivity index (χ2v) is 8.94. The number of alkyl halides is 3. The third-order valence-corrected chi connectivity index (χ3v) is 6.33. The number of piperidine rings is 1. The number of nitrogens with two attached hydrogens (primary N) is 1. The summed E-state index contributed by atoms with van der Waals surface area (Å²) in [5.74, 6) is -2.72. The van der Waals surface area contributed by atoms with Crippen molar-refractivity contribution in [3.8, 4) is 5.75 Å². The number of nitrogens with zero attached hydrogens (tertiary/aromatic N) is 1. The van der Waals surface area contributed by atoms with E-state index in [1.165, 1.54) is 6.07 Å². The van der Waals surface area contributed by atoms with Crippen LogP contribution in [0.4, 0.5) is 22.0 Å². The Morgan fingerprint density at radius 3 is 2.26 bits per heavy atom. The Kier molecular flexibility index (Phi) is 8.64. The van der Waals surface area contributed by atoms with Gasteiger partial charge in [0.25, 0.3) is 5.91 Å². The first-order valence-electron chi connectivity index (χ1n) is 11.6. The topological polar surface area (TPSA) is 55.6 Å². The van der Waals surface area contributed by atoms with Crippen molar-refractivity contribution in [2.45, 2.75) is 64.3 Å². The molecular formula is C25H28ClF5N2O2. The van der Waals surface area contributed by atoms with Gasteiger partial charge in [-0.05, 0) is 67.0 Å². The number of likely N-dealkylation sites (tertiary alicyclic amines) is 1. The molecule has 0 aromatic heterocycles. The third-order valence-electron chi connectivity index (χ3n) is 6.06. The van der Waals surface area contributed by atoms with Crippen LogP contribution in [0.5, 0.6) is 5.75 Å². The first-order chi connectivity index (χ1) is 16.5. The maximum absolute atomic E-state index is 14.3. The fourth-order valence-electron chi connectivity index (χ4n) is 4.15. The molecule has 0 bridgehead atoms. The van der Waals surface area contributed by atoms with Gasteiger partial charge in [-0.2, -0.15) is 13.2 Å². The number of carbonyl (C=O) groups is 1. The van der Waals surface area contributed by atoms with E-state index < -0.39 is 46.2 Å². The van der Waals surface area contributed by atoms with Gasteiger partial charge in [-0.3, -0.25) is 9.69 Å². The Bertz CT molecular complexity index is 1060. The molecule has 1 saturated carbocycles. The van der Waals surface area contributed by atoms with Crippen LogP contribution in [0.2, 0.25) is 5.02 Å². The lowest BCUT2D eigenvalue weighted by Crippen LogP contribution is -2.38. The predicted octanol–water partition coefficient (Wildman–Crippen LogP) is 6.68. The molecule has 1 aliphatic heterocycles. The molecule has 1 amide bonds.